The van der Waals surface area contributed by atoms with Crippen LogP contribution in [0, 0.1) is 0 Å². The second-order valence-corrected chi connectivity index (χ2v) is 5.66. The van der Waals surface area contributed by atoms with E-state index in [-0.39, 0.29) is 29.4 Å². The maximum absolute atomic E-state index is 11.9. The van der Waals surface area contributed by atoms with Crippen LogP contribution >= 0.6 is 0 Å². The molecule has 0 radical (unpaired) electrons. The van der Waals surface area contributed by atoms with Crippen LogP contribution in [0.4, 0.5) is 0 Å². The number of esters is 1. The standard InChI is InChI=1S/C19H21NO6/c1-26-19(25)14(9-13-5-7-16(22)18(24)11-13)20-8-2-3-12-4-6-15(21)17(23)10-12/h2-7,10-11,14,20-24H,8-9H2,1H3/b3-2+/t14-/m1/s1. The number of carbonyl (C=O) groups is 1. The minimum Gasteiger partial charge on any atom is -0.504 e. The Morgan fingerprint density at radius 2 is 1.69 bits per heavy atom. The monoisotopic (exact) mass is 359 g/mol. The van der Waals surface area contributed by atoms with Crippen LogP contribution in [0.15, 0.2) is 42.5 Å². The number of nitrogens with one attached hydrogen (secondary N) is 1. The Balaban J connectivity index is 1.99. The molecule has 0 aromatic heterocycles. The molecule has 5 N–H and O–H groups in total. The minimum absolute atomic E-state index is 0.191. The molecule has 0 aliphatic rings. The van der Waals surface area contributed by atoms with Crippen LogP contribution < -0.4 is 5.32 Å². The molecule has 0 saturated heterocycles. The van der Waals surface area contributed by atoms with Crippen LogP contribution in [0.25, 0.3) is 6.08 Å². The Morgan fingerprint density at radius 1 is 1.04 bits per heavy atom. The molecule has 7 nitrogen and oxygen atoms in total. The van der Waals surface area contributed by atoms with E-state index in [1.807, 2.05) is 0 Å². The molecule has 2 rings (SSSR count). The van der Waals surface area contributed by atoms with E-state index in [1.165, 1.54) is 31.4 Å². The highest BCUT2D eigenvalue weighted by molar-refractivity contribution is 5.76. The van der Waals surface area contributed by atoms with Crippen molar-refractivity contribution in [1.82, 2.24) is 5.32 Å². The van der Waals surface area contributed by atoms with Gasteiger partial charge in [-0.1, -0.05) is 24.3 Å². The molecule has 0 unspecified atom stereocenters. The van der Waals surface area contributed by atoms with E-state index < -0.39 is 12.0 Å². The third kappa shape index (κ3) is 5.15. The Labute approximate surface area is 150 Å². The van der Waals surface area contributed by atoms with Crippen LogP contribution in [0.1, 0.15) is 11.1 Å². The molecule has 0 bridgehead atoms. The Hall–Kier alpha value is -3.19. The predicted molar refractivity (Wildman–Crippen MR) is 96.1 cm³/mol. The van der Waals surface area contributed by atoms with E-state index >= 15 is 0 Å². The number of phenols is 4. The summed E-state index contributed by atoms with van der Waals surface area (Å²) < 4.78 is 4.78. The van der Waals surface area contributed by atoms with E-state index in [2.05, 4.69) is 5.32 Å². The van der Waals surface area contributed by atoms with Gasteiger partial charge in [-0.3, -0.25) is 4.79 Å². The molecule has 0 amide bonds. The predicted octanol–water partition coefficient (Wildman–Crippen LogP) is 1.90. The molecule has 0 aliphatic heterocycles. The summed E-state index contributed by atoms with van der Waals surface area (Å²) >= 11 is 0. The fraction of sp³-hybridized carbons (Fsp3) is 0.211. The summed E-state index contributed by atoms with van der Waals surface area (Å²) in [6.45, 7) is 0.353. The van der Waals surface area contributed by atoms with Gasteiger partial charge in [0, 0.05) is 6.54 Å². The number of ether oxygens (including phenoxy) is 1. The van der Waals surface area contributed by atoms with Crippen molar-refractivity contribution in [1.29, 1.82) is 0 Å². The number of phenolic OH excluding ortho intramolecular Hbond substituents is 4. The lowest BCUT2D eigenvalue weighted by atomic mass is 10.1. The van der Waals surface area contributed by atoms with Gasteiger partial charge >= 0.3 is 5.97 Å². The Bertz CT molecular complexity index is 803. The smallest absolute Gasteiger partial charge is 0.323 e. The second kappa shape index (κ2) is 8.77. The first kappa shape index (κ1) is 19.1. The molecule has 0 heterocycles. The van der Waals surface area contributed by atoms with Crippen LogP contribution in [0.2, 0.25) is 0 Å². The highest BCUT2D eigenvalue weighted by Gasteiger charge is 2.19. The van der Waals surface area contributed by atoms with Gasteiger partial charge in [-0.15, -0.1) is 0 Å². The summed E-state index contributed by atoms with van der Waals surface area (Å²) in [6.07, 6.45) is 3.76. The average Bonchev–Trinajstić information content (AvgIpc) is 2.62. The summed E-state index contributed by atoms with van der Waals surface area (Å²) in [5.41, 5.74) is 1.36. The van der Waals surface area contributed by atoms with Crippen molar-refractivity contribution < 1.29 is 30.0 Å². The van der Waals surface area contributed by atoms with Crippen molar-refractivity contribution in [3.05, 3.63) is 53.6 Å². The van der Waals surface area contributed by atoms with Crippen molar-refractivity contribution in [2.24, 2.45) is 0 Å². The first-order chi connectivity index (χ1) is 12.4. The molecular weight excluding hydrogens is 338 g/mol. The fourth-order valence-corrected chi connectivity index (χ4v) is 2.36. The highest BCUT2D eigenvalue weighted by atomic mass is 16.5. The number of carbonyl (C=O) groups excluding carboxylic acids is 1. The number of rotatable bonds is 7. The van der Waals surface area contributed by atoms with Crippen molar-refractivity contribution in [2.75, 3.05) is 13.7 Å². The zero-order chi connectivity index (χ0) is 19.1. The van der Waals surface area contributed by atoms with Gasteiger partial charge in [-0.25, -0.2) is 0 Å². The Morgan fingerprint density at radius 3 is 2.31 bits per heavy atom. The van der Waals surface area contributed by atoms with E-state index in [0.717, 1.165) is 0 Å². The quantitative estimate of drug-likeness (QED) is 0.378. The Kier molecular flexibility index (Phi) is 6.46. The molecule has 26 heavy (non-hydrogen) atoms. The molecule has 138 valence electrons. The van der Waals surface area contributed by atoms with Crippen molar-refractivity contribution in [2.45, 2.75) is 12.5 Å². The van der Waals surface area contributed by atoms with E-state index in [0.29, 0.717) is 17.7 Å². The summed E-state index contributed by atoms with van der Waals surface area (Å²) in [7, 11) is 1.29. The van der Waals surface area contributed by atoms with Crippen molar-refractivity contribution >= 4 is 12.0 Å². The molecule has 1 atom stereocenters. The largest absolute Gasteiger partial charge is 0.504 e. The minimum atomic E-state index is -0.637. The molecular formula is C19H21NO6. The lowest BCUT2D eigenvalue weighted by Gasteiger charge is -2.16. The number of benzene rings is 2. The number of methoxy groups -OCH3 is 1. The summed E-state index contributed by atoms with van der Waals surface area (Å²) in [4.78, 5) is 11.9. The molecule has 0 aliphatic carbocycles. The van der Waals surface area contributed by atoms with Crippen molar-refractivity contribution in [3.8, 4) is 23.0 Å². The summed E-state index contributed by atoms with van der Waals surface area (Å²) in [5, 5.41) is 40.7. The van der Waals surface area contributed by atoms with Gasteiger partial charge in [0.25, 0.3) is 0 Å². The first-order valence-corrected chi connectivity index (χ1v) is 7.91. The molecule has 0 saturated carbocycles. The lowest BCUT2D eigenvalue weighted by molar-refractivity contribution is -0.143. The maximum Gasteiger partial charge on any atom is 0.323 e. The molecule has 2 aromatic carbocycles. The average molecular weight is 359 g/mol. The number of aromatic hydroxyl groups is 4. The van der Waals surface area contributed by atoms with E-state index in [1.54, 1.807) is 24.3 Å². The fourth-order valence-electron chi connectivity index (χ4n) is 2.36. The number of hydrogen-bond donors (Lipinski definition) is 5. The lowest BCUT2D eigenvalue weighted by Crippen LogP contribution is -2.39. The van der Waals surface area contributed by atoms with Crippen LogP contribution in [-0.4, -0.2) is 46.1 Å². The second-order valence-electron chi connectivity index (χ2n) is 5.66. The van der Waals surface area contributed by atoms with Gasteiger partial charge in [0.2, 0.25) is 0 Å². The van der Waals surface area contributed by atoms with Gasteiger partial charge in [-0.2, -0.15) is 0 Å². The van der Waals surface area contributed by atoms with Gasteiger partial charge < -0.3 is 30.5 Å². The summed E-state index contributed by atoms with van der Waals surface area (Å²) in [6, 6.07) is 8.17. The van der Waals surface area contributed by atoms with E-state index in [4.69, 9.17) is 4.74 Å². The number of hydrogen-bond acceptors (Lipinski definition) is 7. The SMILES string of the molecule is COC(=O)[C@@H](Cc1ccc(O)c(O)c1)NC/C=C/c1ccc(O)c(O)c1. The topological polar surface area (TPSA) is 119 Å². The molecule has 7 heteroatoms. The van der Waals surface area contributed by atoms with Gasteiger partial charge in [0.1, 0.15) is 6.04 Å². The van der Waals surface area contributed by atoms with E-state index in [9.17, 15) is 25.2 Å². The third-order valence-electron chi connectivity index (χ3n) is 3.76. The maximum atomic E-state index is 11.9. The normalized spacial score (nSPS) is 12.2. The van der Waals surface area contributed by atoms with Crippen LogP contribution in [0.3, 0.4) is 0 Å². The van der Waals surface area contributed by atoms with Gasteiger partial charge in [-0.05, 0) is 41.8 Å². The first-order valence-electron chi connectivity index (χ1n) is 7.91. The van der Waals surface area contributed by atoms with Gasteiger partial charge in [0.15, 0.2) is 23.0 Å². The van der Waals surface area contributed by atoms with Gasteiger partial charge in [0.05, 0.1) is 7.11 Å². The molecule has 0 spiro atoms. The highest BCUT2D eigenvalue weighted by Crippen LogP contribution is 2.26. The molecule has 2 aromatic rings. The van der Waals surface area contributed by atoms with Crippen LogP contribution in [-0.2, 0) is 16.0 Å². The van der Waals surface area contributed by atoms with Crippen molar-refractivity contribution in [3.63, 3.8) is 0 Å². The third-order valence-corrected chi connectivity index (χ3v) is 3.76. The summed E-state index contributed by atoms with van der Waals surface area (Å²) in [5.74, 6) is -1.33. The molecule has 0 fully saturated rings. The zero-order valence-electron chi connectivity index (χ0n) is 14.2. The van der Waals surface area contributed by atoms with Crippen LogP contribution in [0.5, 0.6) is 23.0 Å². The zero-order valence-corrected chi connectivity index (χ0v) is 14.2.